The van der Waals surface area contributed by atoms with Crippen LogP contribution in [-0.4, -0.2) is 6.10 Å². The molecule has 0 heterocycles. The van der Waals surface area contributed by atoms with Gasteiger partial charge in [0.2, 0.25) is 0 Å². The first-order chi connectivity index (χ1) is 8.19. The third-order valence-electron chi connectivity index (χ3n) is 3.67. The van der Waals surface area contributed by atoms with Gasteiger partial charge in [-0.2, -0.15) is 0 Å². The second-order valence-corrected chi connectivity index (χ2v) is 5.32. The lowest BCUT2D eigenvalue weighted by atomic mass is 9.88. The van der Waals surface area contributed by atoms with Crippen molar-refractivity contribution in [3.05, 3.63) is 29.3 Å². The summed E-state index contributed by atoms with van der Waals surface area (Å²) in [6.45, 7) is 5.00. The van der Waals surface area contributed by atoms with Crippen molar-refractivity contribution < 1.29 is 4.74 Å². The monoisotopic (exact) mass is 233 g/mol. The van der Waals surface area contributed by atoms with Gasteiger partial charge >= 0.3 is 0 Å². The standard InChI is InChI=1S/C15H23NO/c1-11-4-3-5-14(8-11)17-15-9-13(10-16)7-6-12(15)2/h6-7,9,11,14H,3-5,8,10,16H2,1-2H3. The van der Waals surface area contributed by atoms with Gasteiger partial charge in [0, 0.05) is 6.54 Å². The molecular weight excluding hydrogens is 210 g/mol. The molecule has 2 rings (SSSR count). The van der Waals surface area contributed by atoms with E-state index in [1.165, 1.54) is 31.2 Å². The predicted molar refractivity (Wildman–Crippen MR) is 71.1 cm³/mol. The van der Waals surface area contributed by atoms with E-state index in [2.05, 4.69) is 32.0 Å². The van der Waals surface area contributed by atoms with Crippen LogP contribution < -0.4 is 10.5 Å². The molecule has 0 aliphatic heterocycles. The molecule has 0 saturated heterocycles. The van der Waals surface area contributed by atoms with E-state index < -0.39 is 0 Å². The van der Waals surface area contributed by atoms with Crippen LogP contribution in [0.15, 0.2) is 18.2 Å². The van der Waals surface area contributed by atoms with Gasteiger partial charge in [-0.05, 0) is 49.3 Å². The SMILES string of the molecule is Cc1ccc(CN)cc1OC1CCCC(C)C1. The molecular formula is C15H23NO. The second-order valence-electron chi connectivity index (χ2n) is 5.32. The zero-order chi connectivity index (χ0) is 12.3. The summed E-state index contributed by atoms with van der Waals surface area (Å²) in [4.78, 5) is 0. The van der Waals surface area contributed by atoms with Gasteiger partial charge in [0.15, 0.2) is 0 Å². The average Bonchev–Trinajstić information content (AvgIpc) is 2.32. The van der Waals surface area contributed by atoms with E-state index in [9.17, 15) is 0 Å². The van der Waals surface area contributed by atoms with Crippen molar-refractivity contribution in [2.45, 2.75) is 52.2 Å². The van der Waals surface area contributed by atoms with Crippen LogP contribution in [0.1, 0.15) is 43.7 Å². The van der Waals surface area contributed by atoms with Crippen LogP contribution in [-0.2, 0) is 6.54 Å². The van der Waals surface area contributed by atoms with Crippen LogP contribution in [0.25, 0.3) is 0 Å². The molecule has 1 aliphatic carbocycles. The van der Waals surface area contributed by atoms with Crippen LogP contribution in [0.5, 0.6) is 5.75 Å². The molecule has 2 N–H and O–H groups in total. The number of hydrogen-bond donors (Lipinski definition) is 1. The number of rotatable bonds is 3. The van der Waals surface area contributed by atoms with E-state index in [1.807, 2.05) is 0 Å². The van der Waals surface area contributed by atoms with Crippen molar-refractivity contribution >= 4 is 0 Å². The summed E-state index contributed by atoms with van der Waals surface area (Å²) < 4.78 is 6.14. The Morgan fingerprint density at radius 2 is 2.18 bits per heavy atom. The van der Waals surface area contributed by atoms with E-state index in [-0.39, 0.29) is 0 Å². The molecule has 0 aromatic heterocycles. The maximum atomic E-state index is 6.14. The lowest BCUT2D eigenvalue weighted by Crippen LogP contribution is -2.24. The number of hydrogen-bond acceptors (Lipinski definition) is 2. The van der Waals surface area contributed by atoms with Crippen molar-refractivity contribution in [2.75, 3.05) is 0 Å². The molecule has 0 amide bonds. The van der Waals surface area contributed by atoms with Gasteiger partial charge in [0.05, 0.1) is 6.10 Å². The summed E-state index contributed by atoms with van der Waals surface area (Å²) in [5.74, 6) is 1.82. The first-order valence-corrected chi connectivity index (χ1v) is 6.65. The highest BCUT2D eigenvalue weighted by atomic mass is 16.5. The predicted octanol–water partition coefficient (Wildman–Crippen LogP) is 3.41. The van der Waals surface area contributed by atoms with Gasteiger partial charge in [0.1, 0.15) is 5.75 Å². The normalized spacial score (nSPS) is 24.6. The maximum Gasteiger partial charge on any atom is 0.122 e. The quantitative estimate of drug-likeness (QED) is 0.868. The fourth-order valence-electron chi connectivity index (χ4n) is 2.56. The topological polar surface area (TPSA) is 35.2 Å². The third-order valence-corrected chi connectivity index (χ3v) is 3.67. The van der Waals surface area contributed by atoms with E-state index in [0.717, 1.165) is 17.2 Å². The van der Waals surface area contributed by atoms with Crippen LogP contribution in [0.3, 0.4) is 0 Å². The second kappa shape index (κ2) is 5.54. The summed E-state index contributed by atoms with van der Waals surface area (Å²) in [6, 6.07) is 6.27. The summed E-state index contributed by atoms with van der Waals surface area (Å²) in [5, 5.41) is 0. The molecule has 2 unspecified atom stereocenters. The number of aryl methyl sites for hydroxylation is 1. The Bertz CT molecular complexity index is 375. The Morgan fingerprint density at radius 1 is 1.35 bits per heavy atom. The first-order valence-electron chi connectivity index (χ1n) is 6.65. The lowest BCUT2D eigenvalue weighted by Gasteiger charge is -2.28. The lowest BCUT2D eigenvalue weighted by molar-refractivity contribution is 0.128. The summed E-state index contributed by atoms with van der Waals surface area (Å²) >= 11 is 0. The summed E-state index contributed by atoms with van der Waals surface area (Å²) in [6.07, 6.45) is 5.41. The molecule has 2 atom stereocenters. The molecule has 1 aliphatic rings. The fourth-order valence-corrected chi connectivity index (χ4v) is 2.56. The summed E-state index contributed by atoms with van der Waals surface area (Å²) in [5.41, 5.74) is 8.02. The molecule has 1 aromatic carbocycles. The Balaban J connectivity index is 2.06. The highest BCUT2D eigenvalue weighted by Crippen LogP contribution is 2.29. The van der Waals surface area contributed by atoms with Gasteiger partial charge in [-0.15, -0.1) is 0 Å². The fraction of sp³-hybridized carbons (Fsp3) is 0.600. The van der Waals surface area contributed by atoms with Crippen molar-refractivity contribution in [1.82, 2.24) is 0 Å². The third kappa shape index (κ3) is 3.22. The Morgan fingerprint density at radius 3 is 2.88 bits per heavy atom. The van der Waals surface area contributed by atoms with Crippen LogP contribution in [0.4, 0.5) is 0 Å². The van der Waals surface area contributed by atoms with Crippen molar-refractivity contribution in [3.8, 4) is 5.75 Å². The molecule has 2 heteroatoms. The van der Waals surface area contributed by atoms with E-state index in [0.29, 0.717) is 12.6 Å². The van der Waals surface area contributed by atoms with E-state index in [4.69, 9.17) is 10.5 Å². The highest BCUT2D eigenvalue weighted by molar-refractivity contribution is 5.36. The van der Waals surface area contributed by atoms with Crippen LogP contribution in [0, 0.1) is 12.8 Å². The first kappa shape index (κ1) is 12.4. The number of benzene rings is 1. The number of ether oxygens (including phenoxy) is 1. The zero-order valence-electron chi connectivity index (χ0n) is 10.9. The highest BCUT2D eigenvalue weighted by Gasteiger charge is 2.20. The van der Waals surface area contributed by atoms with Gasteiger partial charge in [-0.25, -0.2) is 0 Å². The minimum atomic E-state index is 0.394. The number of nitrogens with two attached hydrogens (primary N) is 1. The molecule has 0 bridgehead atoms. The molecule has 1 aromatic rings. The molecule has 17 heavy (non-hydrogen) atoms. The Hall–Kier alpha value is -1.02. The maximum absolute atomic E-state index is 6.14. The molecule has 0 spiro atoms. The summed E-state index contributed by atoms with van der Waals surface area (Å²) in [7, 11) is 0. The van der Waals surface area contributed by atoms with Crippen molar-refractivity contribution in [1.29, 1.82) is 0 Å². The van der Waals surface area contributed by atoms with Gasteiger partial charge in [-0.3, -0.25) is 0 Å². The smallest absolute Gasteiger partial charge is 0.122 e. The zero-order valence-corrected chi connectivity index (χ0v) is 10.9. The molecule has 2 nitrogen and oxygen atoms in total. The molecule has 94 valence electrons. The van der Waals surface area contributed by atoms with Crippen LogP contribution in [0.2, 0.25) is 0 Å². The van der Waals surface area contributed by atoms with Gasteiger partial charge in [0.25, 0.3) is 0 Å². The molecule has 1 saturated carbocycles. The van der Waals surface area contributed by atoms with Crippen molar-refractivity contribution in [3.63, 3.8) is 0 Å². The largest absolute Gasteiger partial charge is 0.490 e. The molecule has 0 radical (unpaired) electrons. The van der Waals surface area contributed by atoms with Crippen LogP contribution >= 0.6 is 0 Å². The van der Waals surface area contributed by atoms with E-state index >= 15 is 0 Å². The average molecular weight is 233 g/mol. The van der Waals surface area contributed by atoms with E-state index in [1.54, 1.807) is 0 Å². The Kier molecular flexibility index (Phi) is 4.06. The minimum absolute atomic E-state index is 0.394. The Labute approximate surface area is 104 Å². The van der Waals surface area contributed by atoms with Gasteiger partial charge in [-0.1, -0.05) is 25.5 Å². The van der Waals surface area contributed by atoms with Crippen molar-refractivity contribution in [2.24, 2.45) is 11.7 Å². The molecule has 1 fully saturated rings. The van der Waals surface area contributed by atoms with Gasteiger partial charge < -0.3 is 10.5 Å². The minimum Gasteiger partial charge on any atom is -0.490 e.